The fourth-order valence-electron chi connectivity index (χ4n) is 6.26. The van der Waals surface area contributed by atoms with Crippen LogP contribution >= 0.6 is 0 Å². The zero-order valence-corrected chi connectivity index (χ0v) is 37.2. The van der Waals surface area contributed by atoms with Gasteiger partial charge in [0.2, 0.25) is 11.9 Å². The Hall–Kier alpha value is -6.42. The highest BCUT2D eigenvalue weighted by molar-refractivity contribution is 6.00. The van der Waals surface area contributed by atoms with Gasteiger partial charge in [-0.15, -0.1) is 0 Å². The van der Waals surface area contributed by atoms with Crippen molar-refractivity contribution in [1.82, 2.24) is 19.9 Å². The summed E-state index contributed by atoms with van der Waals surface area (Å²) in [5, 5.41) is 13.1. The number of hydrogen-bond acceptors (Lipinski definition) is 10. The molecule has 8 rings (SSSR count). The molecule has 60 heavy (non-hydrogen) atoms. The van der Waals surface area contributed by atoms with Crippen LogP contribution in [0.25, 0.3) is 0 Å². The molecule has 0 fully saturated rings. The van der Waals surface area contributed by atoms with Crippen molar-refractivity contribution >= 4 is 57.8 Å². The van der Waals surface area contributed by atoms with Gasteiger partial charge in [0.25, 0.3) is 0 Å². The van der Waals surface area contributed by atoms with Crippen molar-refractivity contribution in [3.8, 4) is 0 Å². The van der Waals surface area contributed by atoms with Gasteiger partial charge in [0.1, 0.15) is 11.6 Å². The standard InChI is InChI=1S/2C21H20N4O.4C2H6/c1-14-13-22-21(24-16-7-3-2-4-8-16)25-20(14)23-17-10-11-18-15(12-17)6-5-9-19(18)26;1-14-13-22-21(24-16-7-3-2-4-8-16)25-20(14)23-17-11-10-15-6-5-9-19(26)18(15)12-17;4*1-2/h2*2-4,7-8,10-13H,5-6,9H2,1H3,(H2,22,23,24,25);4*1-2H3. The minimum absolute atomic E-state index is 0.223. The molecule has 4 aromatic carbocycles. The molecule has 2 aromatic heterocycles. The molecule has 0 aliphatic heterocycles. The van der Waals surface area contributed by atoms with Gasteiger partial charge in [0.05, 0.1) is 0 Å². The minimum Gasteiger partial charge on any atom is -0.340 e. The average Bonchev–Trinajstić information content (AvgIpc) is 3.30. The third-order valence-electron chi connectivity index (χ3n) is 9.04. The molecule has 4 N–H and O–H groups in total. The summed E-state index contributed by atoms with van der Waals surface area (Å²) in [4.78, 5) is 42.0. The molecule has 0 unspecified atom stereocenters. The van der Waals surface area contributed by atoms with Gasteiger partial charge in [0, 0.05) is 70.2 Å². The average molecular weight is 809 g/mol. The molecule has 2 aliphatic rings. The molecule has 0 saturated carbocycles. The van der Waals surface area contributed by atoms with Crippen LogP contribution < -0.4 is 21.3 Å². The number of rotatable bonds is 8. The van der Waals surface area contributed by atoms with Crippen molar-refractivity contribution in [3.05, 3.63) is 143 Å². The smallest absolute Gasteiger partial charge is 0.229 e. The van der Waals surface area contributed by atoms with Gasteiger partial charge in [-0.2, -0.15) is 9.97 Å². The van der Waals surface area contributed by atoms with Gasteiger partial charge in [-0.1, -0.05) is 97.9 Å². The second-order valence-corrected chi connectivity index (χ2v) is 13.0. The number of Topliss-reactive ketones (excluding diaryl/α,β-unsaturated/α-hetero) is 2. The molecule has 10 nitrogen and oxygen atoms in total. The second-order valence-electron chi connectivity index (χ2n) is 13.0. The molecule has 10 heteroatoms. The first-order chi connectivity index (χ1) is 29.4. The molecule has 2 heterocycles. The Morgan fingerprint density at radius 2 is 0.867 bits per heavy atom. The van der Waals surface area contributed by atoms with E-state index in [1.165, 1.54) is 0 Å². The number of ketones is 2. The summed E-state index contributed by atoms with van der Waals surface area (Å²) in [5.41, 5.74) is 9.50. The molecule has 6 aromatic rings. The zero-order valence-electron chi connectivity index (χ0n) is 37.2. The lowest BCUT2D eigenvalue weighted by Crippen LogP contribution is -2.11. The Bertz CT molecular complexity index is 2230. The van der Waals surface area contributed by atoms with E-state index >= 15 is 0 Å². The van der Waals surface area contributed by atoms with E-state index < -0.39 is 0 Å². The lowest BCUT2D eigenvalue weighted by atomic mass is 9.90. The lowest BCUT2D eigenvalue weighted by molar-refractivity contribution is 0.0964. The van der Waals surface area contributed by atoms with Gasteiger partial charge in [-0.25, -0.2) is 9.97 Å². The molecular weight excluding hydrogens is 745 g/mol. The van der Waals surface area contributed by atoms with E-state index in [0.29, 0.717) is 24.7 Å². The Balaban J connectivity index is 0.000000275. The number of carbonyl (C=O) groups excluding carboxylic acids is 2. The normalized spacial score (nSPS) is 11.8. The highest BCUT2D eigenvalue weighted by Crippen LogP contribution is 2.29. The summed E-state index contributed by atoms with van der Waals surface area (Å²) in [6.45, 7) is 19.9. The van der Waals surface area contributed by atoms with Crippen molar-refractivity contribution in [2.75, 3.05) is 21.3 Å². The van der Waals surface area contributed by atoms with E-state index in [-0.39, 0.29) is 11.6 Å². The number of para-hydroxylation sites is 2. The number of fused-ring (bicyclic) bond motifs is 2. The predicted octanol–water partition coefficient (Wildman–Crippen LogP) is 13.7. The fraction of sp³-hybridized carbons (Fsp3) is 0.320. The van der Waals surface area contributed by atoms with Crippen LogP contribution in [0, 0.1) is 13.8 Å². The third kappa shape index (κ3) is 13.9. The topological polar surface area (TPSA) is 134 Å². The number of carbonyl (C=O) groups is 2. The van der Waals surface area contributed by atoms with Crippen molar-refractivity contribution in [2.24, 2.45) is 0 Å². The first kappa shape index (κ1) is 48.0. The van der Waals surface area contributed by atoms with Crippen LogP contribution in [-0.4, -0.2) is 31.5 Å². The molecule has 316 valence electrons. The lowest BCUT2D eigenvalue weighted by Gasteiger charge is -2.17. The molecule has 0 amide bonds. The van der Waals surface area contributed by atoms with Gasteiger partial charge in [0.15, 0.2) is 11.6 Å². The first-order valence-electron chi connectivity index (χ1n) is 21.6. The van der Waals surface area contributed by atoms with Gasteiger partial charge in [-0.05, 0) is 105 Å². The van der Waals surface area contributed by atoms with E-state index in [2.05, 4.69) is 47.3 Å². The van der Waals surface area contributed by atoms with Crippen LogP contribution in [-0.2, 0) is 12.8 Å². The molecule has 0 spiro atoms. The Labute approximate surface area is 358 Å². The minimum atomic E-state index is 0.223. The van der Waals surface area contributed by atoms with Crippen LogP contribution in [0.1, 0.15) is 124 Å². The fourth-order valence-corrected chi connectivity index (χ4v) is 6.26. The highest BCUT2D eigenvalue weighted by atomic mass is 16.1. The van der Waals surface area contributed by atoms with Crippen molar-refractivity contribution in [1.29, 1.82) is 0 Å². The maximum Gasteiger partial charge on any atom is 0.229 e. The van der Waals surface area contributed by atoms with E-state index in [1.54, 1.807) is 12.4 Å². The SMILES string of the molecule is CC.CC.CC.CC.Cc1cnc(Nc2ccccc2)nc1Nc1ccc2c(c1)C(=O)CCC2.Cc1cnc(Nc2ccccc2)nc1Nc1ccc2c(c1)CCCC2=O. The van der Waals surface area contributed by atoms with Crippen LogP contribution in [0.3, 0.4) is 0 Å². The number of aryl methyl sites for hydroxylation is 4. The first-order valence-corrected chi connectivity index (χ1v) is 21.6. The van der Waals surface area contributed by atoms with E-state index in [4.69, 9.17) is 0 Å². The number of aromatic nitrogens is 4. The van der Waals surface area contributed by atoms with E-state index in [0.717, 1.165) is 93.4 Å². The summed E-state index contributed by atoms with van der Waals surface area (Å²) in [7, 11) is 0. The second kappa shape index (κ2) is 25.8. The van der Waals surface area contributed by atoms with E-state index in [9.17, 15) is 9.59 Å². The summed E-state index contributed by atoms with van der Waals surface area (Å²) in [6, 6.07) is 31.5. The monoisotopic (exact) mass is 809 g/mol. The molecule has 0 bridgehead atoms. The summed E-state index contributed by atoms with van der Waals surface area (Å²) in [5.74, 6) is 3.00. The van der Waals surface area contributed by atoms with Crippen molar-refractivity contribution in [2.45, 2.75) is 108 Å². The molecule has 2 aliphatic carbocycles. The zero-order chi connectivity index (χ0) is 43.9. The summed E-state index contributed by atoms with van der Waals surface area (Å²) < 4.78 is 0. The maximum atomic E-state index is 12.2. The predicted molar refractivity (Wildman–Crippen MR) is 252 cm³/mol. The van der Waals surface area contributed by atoms with Crippen LogP contribution in [0.15, 0.2) is 109 Å². The highest BCUT2D eigenvalue weighted by Gasteiger charge is 2.19. The number of benzene rings is 4. The Morgan fingerprint density at radius 1 is 0.433 bits per heavy atom. The maximum absolute atomic E-state index is 12.2. The number of anilines is 8. The third-order valence-corrected chi connectivity index (χ3v) is 9.04. The van der Waals surface area contributed by atoms with Gasteiger partial charge < -0.3 is 21.3 Å². The molecule has 0 atom stereocenters. The van der Waals surface area contributed by atoms with Crippen molar-refractivity contribution in [3.63, 3.8) is 0 Å². The molecule has 0 saturated heterocycles. The van der Waals surface area contributed by atoms with E-state index in [1.807, 2.05) is 160 Å². The Morgan fingerprint density at radius 3 is 1.37 bits per heavy atom. The molecular formula is C50H64N8O2. The van der Waals surface area contributed by atoms with Gasteiger partial charge in [-0.3, -0.25) is 9.59 Å². The van der Waals surface area contributed by atoms with Crippen LogP contribution in [0.4, 0.5) is 46.3 Å². The largest absolute Gasteiger partial charge is 0.340 e. The molecule has 0 radical (unpaired) electrons. The van der Waals surface area contributed by atoms with Crippen LogP contribution in [0.2, 0.25) is 0 Å². The summed E-state index contributed by atoms with van der Waals surface area (Å²) in [6.07, 6.45) is 8.64. The quantitative estimate of drug-likeness (QED) is 0.118. The summed E-state index contributed by atoms with van der Waals surface area (Å²) >= 11 is 0. The van der Waals surface area contributed by atoms with Crippen LogP contribution in [0.5, 0.6) is 0 Å². The number of hydrogen-bond donors (Lipinski definition) is 4. The number of nitrogens with zero attached hydrogens (tertiary/aromatic N) is 4. The van der Waals surface area contributed by atoms with Gasteiger partial charge >= 0.3 is 0 Å². The van der Waals surface area contributed by atoms with Crippen molar-refractivity contribution < 1.29 is 9.59 Å². The Kier molecular flexibility index (Phi) is 20.6. The number of nitrogens with one attached hydrogen (secondary N) is 4.